The van der Waals surface area contributed by atoms with Gasteiger partial charge in [0.25, 0.3) is 0 Å². The molecule has 1 aromatic heterocycles. The smallest absolute Gasteiger partial charge is 0.246 e. The Morgan fingerprint density at radius 2 is 2.05 bits per heavy atom. The van der Waals surface area contributed by atoms with Gasteiger partial charge in [-0.3, -0.25) is 9.78 Å². The van der Waals surface area contributed by atoms with Crippen LogP contribution in [0.25, 0.3) is 11.0 Å². The highest BCUT2D eigenvalue weighted by Crippen LogP contribution is 2.26. The summed E-state index contributed by atoms with van der Waals surface area (Å²) in [6.45, 7) is 0.533. The monoisotopic (exact) mass is 340 g/mol. The molecule has 1 aliphatic heterocycles. The summed E-state index contributed by atoms with van der Waals surface area (Å²) in [6, 6.07) is 3.35. The van der Waals surface area contributed by atoms with Gasteiger partial charge in [0.2, 0.25) is 5.91 Å². The Morgan fingerprint density at radius 1 is 1.32 bits per heavy atom. The van der Waals surface area contributed by atoms with Crippen molar-refractivity contribution in [1.29, 1.82) is 0 Å². The van der Waals surface area contributed by atoms with E-state index in [0.29, 0.717) is 39.9 Å². The van der Waals surface area contributed by atoms with Crippen LogP contribution in [-0.4, -0.2) is 34.6 Å². The van der Waals surface area contributed by atoms with Crippen LogP contribution in [0.3, 0.4) is 0 Å². The maximum atomic E-state index is 11.1. The van der Waals surface area contributed by atoms with E-state index in [0.717, 1.165) is 6.42 Å². The van der Waals surface area contributed by atoms with Crippen LogP contribution in [0.4, 0.5) is 5.82 Å². The van der Waals surface area contributed by atoms with E-state index in [4.69, 9.17) is 33.7 Å². The van der Waals surface area contributed by atoms with Gasteiger partial charge in [-0.05, 0) is 25.0 Å². The standard InChI is InChI=1S/C14H14Cl2N4O2/c15-8-3-10-11(4-9(8)16)20-13(6-18-10)19-5-7-1-2-12(22-7)14(17)21/h3-4,6-7,12H,1-2,5H2,(H2,17,21)(H,19,20)/t7-,12+/m1/s1. The number of carbonyl (C=O) groups is 1. The SMILES string of the molecule is NC(=O)[C@@H]1CC[C@H](CNc2cnc3cc(Cl)c(Cl)cc3n2)O1. The van der Waals surface area contributed by atoms with Crippen molar-refractivity contribution in [2.75, 3.05) is 11.9 Å². The molecule has 0 aliphatic carbocycles. The van der Waals surface area contributed by atoms with Gasteiger partial charge in [0, 0.05) is 6.54 Å². The molecule has 2 atom stereocenters. The molecular weight excluding hydrogens is 327 g/mol. The number of carbonyl (C=O) groups excluding carboxylic acids is 1. The molecule has 2 aromatic rings. The van der Waals surface area contributed by atoms with Crippen molar-refractivity contribution < 1.29 is 9.53 Å². The first-order chi connectivity index (χ1) is 10.5. The van der Waals surface area contributed by atoms with Crippen LogP contribution in [0.1, 0.15) is 12.8 Å². The molecule has 1 fully saturated rings. The zero-order chi connectivity index (χ0) is 15.7. The molecule has 8 heteroatoms. The lowest BCUT2D eigenvalue weighted by molar-refractivity contribution is -0.128. The minimum atomic E-state index is -0.490. The summed E-state index contributed by atoms with van der Waals surface area (Å²) in [6.07, 6.45) is 2.49. The maximum absolute atomic E-state index is 11.1. The number of nitrogens with two attached hydrogens (primary N) is 1. The Balaban J connectivity index is 1.67. The number of benzene rings is 1. The van der Waals surface area contributed by atoms with E-state index in [9.17, 15) is 4.79 Å². The van der Waals surface area contributed by atoms with Gasteiger partial charge in [0.15, 0.2) is 0 Å². The highest BCUT2D eigenvalue weighted by Gasteiger charge is 2.28. The summed E-state index contributed by atoms with van der Waals surface area (Å²) in [5.41, 5.74) is 6.55. The van der Waals surface area contributed by atoms with Crippen molar-refractivity contribution in [3.63, 3.8) is 0 Å². The van der Waals surface area contributed by atoms with Crippen LogP contribution in [-0.2, 0) is 9.53 Å². The molecule has 6 nitrogen and oxygen atoms in total. The summed E-state index contributed by atoms with van der Waals surface area (Å²) in [4.78, 5) is 19.8. The normalized spacial score (nSPS) is 21.2. The zero-order valence-electron chi connectivity index (χ0n) is 11.6. The number of fused-ring (bicyclic) bond motifs is 1. The molecule has 0 unspecified atom stereocenters. The fourth-order valence-corrected chi connectivity index (χ4v) is 2.69. The first-order valence-corrected chi connectivity index (χ1v) is 7.59. The molecule has 1 amide bonds. The van der Waals surface area contributed by atoms with Crippen molar-refractivity contribution in [3.8, 4) is 0 Å². The predicted molar refractivity (Wildman–Crippen MR) is 85.1 cm³/mol. The van der Waals surface area contributed by atoms with Crippen LogP contribution in [0.2, 0.25) is 10.0 Å². The third kappa shape index (κ3) is 3.24. The summed E-state index contributed by atoms with van der Waals surface area (Å²) < 4.78 is 5.54. The molecule has 1 saturated heterocycles. The lowest BCUT2D eigenvalue weighted by Crippen LogP contribution is -2.30. The highest BCUT2D eigenvalue weighted by atomic mass is 35.5. The zero-order valence-corrected chi connectivity index (χ0v) is 13.1. The molecule has 3 N–H and O–H groups in total. The number of ether oxygens (including phenoxy) is 1. The molecule has 1 aromatic carbocycles. The van der Waals surface area contributed by atoms with Crippen molar-refractivity contribution in [1.82, 2.24) is 9.97 Å². The van der Waals surface area contributed by atoms with E-state index in [1.165, 1.54) is 0 Å². The first kappa shape index (κ1) is 15.3. The lowest BCUT2D eigenvalue weighted by atomic mass is 10.2. The van der Waals surface area contributed by atoms with Gasteiger partial charge >= 0.3 is 0 Å². The van der Waals surface area contributed by atoms with Crippen molar-refractivity contribution in [2.45, 2.75) is 25.0 Å². The van der Waals surface area contributed by atoms with Gasteiger partial charge in [-0.25, -0.2) is 4.98 Å². The number of primary amides is 1. The second-order valence-corrected chi connectivity index (χ2v) is 5.93. The fraction of sp³-hybridized carbons (Fsp3) is 0.357. The van der Waals surface area contributed by atoms with E-state index in [1.54, 1.807) is 18.3 Å². The lowest BCUT2D eigenvalue weighted by Gasteiger charge is -2.13. The van der Waals surface area contributed by atoms with Gasteiger partial charge in [0.05, 0.1) is 33.4 Å². The summed E-state index contributed by atoms with van der Waals surface area (Å²) in [5.74, 6) is 0.191. The Labute approximate surface area is 137 Å². The van der Waals surface area contributed by atoms with Crippen LogP contribution in [0, 0.1) is 0 Å². The van der Waals surface area contributed by atoms with E-state index in [2.05, 4.69) is 15.3 Å². The van der Waals surface area contributed by atoms with Crippen LogP contribution in [0.15, 0.2) is 18.3 Å². The van der Waals surface area contributed by atoms with Gasteiger partial charge in [-0.2, -0.15) is 0 Å². The van der Waals surface area contributed by atoms with Gasteiger partial charge < -0.3 is 15.8 Å². The molecule has 0 bridgehead atoms. The number of rotatable bonds is 4. The molecule has 3 rings (SSSR count). The van der Waals surface area contributed by atoms with Crippen molar-refractivity contribution in [3.05, 3.63) is 28.4 Å². The third-order valence-corrected chi connectivity index (χ3v) is 4.24. The predicted octanol–water partition coefficient (Wildman–Crippen LogP) is 2.38. The minimum Gasteiger partial charge on any atom is -0.367 e. The van der Waals surface area contributed by atoms with Gasteiger partial charge in [0.1, 0.15) is 11.9 Å². The van der Waals surface area contributed by atoms with Crippen LogP contribution in [0.5, 0.6) is 0 Å². The number of hydrogen-bond donors (Lipinski definition) is 2. The van der Waals surface area contributed by atoms with Crippen molar-refractivity contribution >= 4 is 46.0 Å². The van der Waals surface area contributed by atoms with Gasteiger partial charge in [-0.1, -0.05) is 23.2 Å². The molecule has 0 radical (unpaired) electrons. The van der Waals surface area contributed by atoms with E-state index < -0.39 is 12.0 Å². The third-order valence-electron chi connectivity index (χ3n) is 3.52. The number of nitrogens with one attached hydrogen (secondary N) is 1. The number of anilines is 1. The number of aromatic nitrogens is 2. The second-order valence-electron chi connectivity index (χ2n) is 5.12. The minimum absolute atomic E-state index is 0.0659. The Bertz CT molecular complexity index is 725. The number of nitrogens with zero attached hydrogens (tertiary/aromatic N) is 2. The molecule has 22 heavy (non-hydrogen) atoms. The summed E-state index contributed by atoms with van der Waals surface area (Å²) >= 11 is 11.9. The molecule has 2 heterocycles. The maximum Gasteiger partial charge on any atom is 0.246 e. The quantitative estimate of drug-likeness (QED) is 0.891. The molecule has 0 saturated carbocycles. The molecule has 1 aliphatic rings. The van der Waals surface area contributed by atoms with E-state index >= 15 is 0 Å². The van der Waals surface area contributed by atoms with Crippen molar-refractivity contribution in [2.24, 2.45) is 5.73 Å². The fourth-order valence-electron chi connectivity index (χ4n) is 2.38. The summed E-state index contributed by atoms with van der Waals surface area (Å²) in [5, 5.41) is 4.03. The van der Waals surface area contributed by atoms with Crippen LogP contribution < -0.4 is 11.1 Å². The number of halogens is 2. The topological polar surface area (TPSA) is 90.1 Å². The van der Waals surface area contributed by atoms with Crippen LogP contribution >= 0.6 is 23.2 Å². The average molecular weight is 341 g/mol. The highest BCUT2D eigenvalue weighted by molar-refractivity contribution is 6.42. The summed E-state index contributed by atoms with van der Waals surface area (Å²) in [7, 11) is 0. The van der Waals surface area contributed by atoms with E-state index in [1.807, 2.05) is 0 Å². The Hall–Kier alpha value is -1.63. The number of amides is 1. The molecular formula is C14H14Cl2N4O2. The average Bonchev–Trinajstić information content (AvgIpc) is 2.95. The van der Waals surface area contributed by atoms with E-state index in [-0.39, 0.29) is 6.10 Å². The first-order valence-electron chi connectivity index (χ1n) is 6.83. The Morgan fingerprint density at radius 3 is 2.73 bits per heavy atom. The van der Waals surface area contributed by atoms with Gasteiger partial charge in [-0.15, -0.1) is 0 Å². The Kier molecular flexibility index (Phi) is 4.33. The number of hydrogen-bond acceptors (Lipinski definition) is 5. The molecule has 116 valence electrons. The second kappa shape index (κ2) is 6.24. The molecule has 0 spiro atoms. The largest absolute Gasteiger partial charge is 0.367 e.